The molecule has 1 aliphatic rings. The van der Waals surface area contributed by atoms with Crippen LogP contribution in [0.3, 0.4) is 0 Å². The van der Waals surface area contributed by atoms with Crippen LogP contribution in [0, 0.1) is 0 Å². The average molecular weight is 337 g/mol. The van der Waals surface area contributed by atoms with Crippen LogP contribution in [0.2, 0.25) is 0 Å². The maximum atomic E-state index is 11.6. The zero-order valence-corrected chi connectivity index (χ0v) is 13.6. The molecule has 7 nitrogen and oxygen atoms in total. The number of aryl methyl sites for hydroxylation is 1. The van der Waals surface area contributed by atoms with Crippen molar-refractivity contribution in [2.24, 2.45) is 0 Å². The van der Waals surface area contributed by atoms with Gasteiger partial charge in [-0.05, 0) is 24.1 Å². The molecule has 0 radical (unpaired) electrons. The second-order valence-electron chi connectivity index (χ2n) is 4.92. The van der Waals surface area contributed by atoms with Crippen molar-refractivity contribution in [3.05, 3.63) is 29.8 Å². The molecule has 23 heavy (non-hydrogen) atoms. The lowest BCUT2D eigenvalue weighted by molar-refractivity contribution is -0.130. The van der Waals surface area contributed by atoms with Gasteiger partial charge in [0.15, 0.2) is 6.61 Å². The van der Waals surface area contributed by atoms with Gasteiger partial charge in [-0.3, -0.25) is 25.2 Å². The van der Waals surface area contributed by atoms with Gasteiger partial charge in [-0.25, -0.2) is 0 Å². The van der Waals surface area contributed by atoms with E-state index in [9.17, 15) is 14.4 Å². The van der Waals surface area contributed by atoms with E-state index in [-0.39, 0.29) is 18.4 Å². The number of hydrogen-bond acceptors (Lipinski definition) is 5. The Morgan fingerprint density at radius 2 is 1.91 bits per heavy atom. The highest BCUT2D eigenvalue weighted by Crippen LogP contribution is 2.16. The molecule has 1 aromatic rings. The number of nitrogens with zero attached hydrogens (tertiary/aromatic N) is 1. The Hall–Kier alpha value is -2.22. The Morgan fingerprint density at radius 3 is 2.52 bits per heavy atom. The summed E-state index contributed by atoms with van der Waals surface area (Å²) in [5, 5.41) is -0.120. The van der Waals surface area contributed by atoms with Gasteiger partial charge in [0.05, 0.1) is 0 Å². The highest BCUT2D eigenvalue weighted by molar-refractivity contribution is 8.13. The van der Waals surface area contributed by atoms with Crippen molar-refractivity contribution in [1.29, 1.82) is 0 Å². The average Bonchev–Trinajstić information content (AvgIpc) is 2.96. The number of nitrogens with one attached hydrogen (secondary N) is 2. The summed E-state index contributed by atoms with van der Waals surface area (Å²) in [5.41, 5.74) is 5.70. The molecule has 1 aliphatic heterocycles. The van der Waals surface area contributed by atoms with Crippen LogP contribution >= 0.6 is 11.8 Å². The summed E-state index contributed by atoms with van der Waals surface area (Å²) in [5.74, 6) is 0.355. The standard InChI is InChI=1S/C15H19N3O4S/c1-2-11-3-5-12(6-4-11)22-10-14(20)17-16-13(19)9-18-7-8-23-15(18)21/h3-6H,2,7-10H2,1H3,(H,16,19)(H,17,20). The highest BCUT2D eigenvalue weighted by atomic mass is 32.2. The van der Waals surface area contributed by atoms with E-state index in [1.165, 1.54) is 22.2 Å². The SMILES string of the molecule is CCc1ccc(OCC(=O)NNC(=O)CN2CCSC2=O)cc1. The van der Waals surface area contributed by atoms with Gasteiger partial charge in [0.1, 0.15) is 12.3 Å². The van der Waals surface area contributed by atoms with E-state index in [2.05, 4.69) is 17.8 Å². The lowest BCUT2D eigenvalue weighted by Crippen LogP contribution is -2.47. The second kappa shape index (κ2) is 8.42. The first kappa shape index (κ1) is 17.1. The molecule has 1 fully saturated rings. The molecule has 0 saturated carbocycles. The lowest BCUT2D eigenvalue weighted by atomic mass is 10.2. The van der Waals surface area contributed by atoms with Crippen molar-refractivity contribution >= 4 is 28.8 Å². The molecule has 3 amide bonds. The zero-order valence-electron chi connectivity index (χ0n) is 12.8. The molecule has 1 heterocycles. The van der Waals surface area contributed by atoms with E-state index >= 15 is 0 Å². The topological polar surface area (TPSA) is 87.7 Å². The summed E-state index contributed by atoms with van der Waals surface area (Å²) in [6.07, 6.45) is 0.935. The Bertz CT molecular complexity index is 577. The molecule has 2 N–H and O–H groups in total. The quantitative estimate of drug-likeness (QED) is 0.755. The minimum atomic E-state index is -0.472. The van der Waals surface area contributed by atoms with Crippen molar-refractivity contribution in [3.8, 4) is 5.75 Å². The summed E-state index contributed by atoms with van der Waals surface area (Å²) in [6, 6.07) is 7.45. The number of carbonyl (C=O) groups is 3. The van der Waals surface area contributed by atoms with Crippen LogP contribution in [-0.4, -0.2) is 47.4 Å². The van der Waals surface area contributed by atoms with Gasteiger partial charge in [-0.15, -0.1) is 0 Å². The lowest BCUT2D eigenvalue weighted by Gasteiger charge is -2.14. The van der Waals surface area contributed by atoms with Crippen molar-refractivity contribution in [1.82, 2.24) is 15.8 Å². The number of amides is 3. The molecule has 0 spiro atoms. The number of benzene rings is 1. The first-order chi connectivity index (χ1) is 11.1. The molecule has 0 aromatic heterocycles. The van der Waals surface area contributed by atoms with E-state index in [4.69, 9.17) is 4.74 Å². The predicted octanol–water partition coefficient (Wildman–Crippen LogP) is 0.944. The van der Waals surface area contributed by atoms with Crippen LogP contribution < -0.4 is 15.6 Å². The van der Waals surface area contributed by atoms with Crippen LogP contribution in [0.4, 0.5) is 4.79 Å². The normalized spacial score (nSPS) is 13.8. The molecule has 0 bridgehead atoms. The summed E-state index contributed by atoms with van der Waals surface area (Å²) in [6.45, 7) is 2.33. The molecule has 0 aliphatic carbocycles. The van der Waals surface area contributed by atoms with Gasteiger partial charge in [0, 0.05) is 12.3 Å². The van der Waals surface area contributed by atoms with Crippen LogP contribution in [0.1, 0.15) is 12.5 Å². The van der Waals surface area contributed by atoms with E-state index in [0.717, 1.165) is 6.42 Å². The number of carbonyl (C=O) groups excluding carboxylic acids is 3. The summed E-state index contributed by atoms with van der Waals surface area (Å²) < 4.78 is 5.32. The number of rotatable bonds is 6. The minimum Gasteiger partial charge on any atom is -0.484 e. The molecular weight excluding hydrogens is 318 g/mol. The Balaban J connectivity index is 1.66. The van der Waals surface area contributed by atoms with Crippen LogP contribution in [-0.2, 0) is 16.0 Å². The minimum absolute atomic E-state index is 0.0640. The molecule has 1 aromatic carbocycles. The highest BCUT2D eigenvalue weighted by Gasteiger charge is 2.23. The number of hydrazine groups is 1. The molecule has 0 atom stereocenters. The molecule has 1 saturated heterocycles. The van der Waals surface area contributed by atoms with Gasteiger partial charge >= 0.3 is 0 Å². The first-order valence-electron chi connectivity index (χ1n) is 7.29. The van der Waals surface area contributed by atoms with E-state index < -0.39 is 11.8 Å². The molecular formula is C15H19N3O4S. The number of hydrogen-bond donors (Lipinski definition) is 2. The predicted molar refractivity (Wildman–Crippen MR) is 87.0 cm³/mol. The van der Waals surface area contributed by atoms with Crippen LogP contribution in [0.25, 0.3) is 0 Å². The van der Waals surface area contributed by atoms with Gasteiger partial charge in [-0.2, -0.15) is 0 Å². The van der Waals surface area contributed by atoms with Gasteiger partial charge in [0.2, 0.25) is 0 Å². The zero-order chi connectivity index (χ0) is 16.7. The smallest absolute Gasteiger partial charge is 0.282 e. The third-order valence-electron chi connectivity index (χ3n) is 3.22. The maximum absolute atomic E-state index is 11.6. The van der Waals surface area contributed by atoms with E-state index in [0.29, 0.717) is 18.0 Å². The third kappa shape index (κ3) is 5.48. The molecule has 2 rings (SSSR count). The van der Waals surface area contributed by atoms with Gasteiger partial charge in [0.25, 0.3) is 17.1 Å². The molecule has 124 valence electrons. The Labute approximate surface area is 138 Å². The molecule has 0 unspecified atom stereocenters. The van der Waals surface area contributed by atoms with Crippen molar-refractivity contribution in [2.75, 3.05) is 25.4 Å². The van der Waals surface area contributed by atoms with Crippen molar-refractivity contribution in [3.63, 3.8) is 0 Å². The van der Waals surface area contributed by atoms with Crippen molar-refractivity contribution in [2.45, 2.75) is 13.3 Å². The van der Waals surface area contributed by atoms with Crippen molar-refractivity contribution < 1.29 is 19.1 Å². The van der Waals surface area contributed by atoms with E-state index in [1.54, 1.807) is 12.1 Å². The van der Waals surface area contributed by atoms with Crippen LogP contribution in [0.15, 0.2) is 24.3 Å². The Morgan fingerprint density at radius 1 is 1.22 bits per heavy atom. The maximum Gasteiger partial charge on any atom is 0.282 e. The fourth-order valence-corrected chi connectivity index (χ4v) is 2.75. The third-order valence-corrected chi connectivity index (χ3v) is 4.11. The molecule has 8 heteroatoms. The monoisotopic (exact) mass is 337 g/mol. The number of thioether (sulfide) groups is 1. The van der Waals surface area contributed by atoms with Gasteiger partial charge < -0.3 is 9.64 Å². The largest absolute Gasteiger partial charge is 0.484 e. The Kier molecular flexibility index (Phi) is 6.28. The van der Waals surface area contributed by atoms with Crippen LogP contribution in [0.5, 0.6) is 5.75 Å². The van der Waals surface area contributed by atoms with E-state index in [1.807, 2.05) is 12.1 Å². The van der Waals surface area contributed by atoms with Gasteiger partial charge in [-0.1, -0.05) is 30.8 Å². The first-order valence-corrected chi connectivity index (χ1v) is 8.28. The fourth-order valence-electron chi connectivity index (χ4n) is 1.93. The number of ether oxygens (including phenoxy) is 1. The summed E-state index contributed by atoms with van der Waals surface area (Å²) >= 11 is 1.18. The summed E-state index contributed by atoms with van der Waals surface area (Å²) in [7, 11) is 0. The fraction of sp³-hybridized carbons (Fsp3) is 0.400. The second-order valence-corrected chi connectivity index (χ2v) is 5.96. The summed E-state index contributed by atoms with van der Waals surface area (Å²) in [4.78, 5) is 36.0.